The standard InChI is InChI=1S/C19H20NO2/c21-15-14-18(13-7-10-16-8-3-1-4-9-16)20-19(22)17-11-5-2-6-12-17/h1-6,8-9,11-12,18H,7,10,13-14H2,(H,20,22). The lowest BCUT2D eigenvalue weighted by Gasteiger charge is -2.16. The van der Waals surface area contributed by atoms with E-state index in [4.69, 9.17) is 0 Å². The Kier molecular flexibility index (Phi) is 6.37. The van der Waals surface area contributed by atoms with E-state index in [-0.39, 0.29) is 18.4 Å². The number of hydrogen-bond donors (Lipinski definition) is 1. The van der Waals surface area contributed by atoms with Gasteiger partial charge < -0.3 is 5.32 Å². The Hall–Kier alpha value is -2.42. The third-order valence-electron chi connectivity index (χ3n) is 3.56. The maximum absolute atomic E-state index is 12.1. The van der Waals surface area contributed by atoms with E-state index in [9.17, 15) is 9.59 Å². The van der Waals surface area contributed by atoms with Gasteiger partial charge in [0.05, 0.1) is 0 Å². The third-order valence-corrected chi connectivity index (χ3v) is 3.56. The van der Waals surface area contributed by atoms with Gasteiger partial charge in [-0.05, 0) is 37.0 Å². The lowest BCUT2D eigenvalue weighted by molar-refractivity contribution is 0.0936. The summed E-state index contributed by atoms with van der Waals surface area (Å²) in [4.78, 5) is 22.8. The topological polar surface area (TPSA) is 46.2 Å². The second kappa shape index (κ2) is 8.78. The van der Waals surface area contributed by atoms with Gasteiger partial charge in [-0.1, -0.05) is 48.5 Å². The summed E-state index contributed by atoms with van der Waals surface area (Å²) >= 11 is 0. The summed E-state index contributed by atoms with van der Waals surface area (Å²) in [6.45, 7) is 0. The Morgan fingerprint density at radius 3 is 2.27 bits per heavy atom. The molecule has 113 valence electrons. The largest absolute Gasteiger partial charge is 0.349 e. The van der Waals surface area contributed by atoms with Gasteiger partial charge in [-0.25, -0.2) is 0 Å². The number of hydrogen-bond acceptors (Lipinski definition) is 2. The minimum atomic E-state index is -0.158. The van der Waals surface area contributed by atoms with Gasteiger partial charge in [0.2, 0.25) is 6.29 Å². The molecule has 0 saturated heterocycles. The molecule has 0 fully saturated rings. The Labute approximate surface area is 131 Å². The van der Waals surface area contributed by atoms with Crippen LogP contribution in [0.1, 0.15) is 35.2 Å². The third kappa shape index (κ3) is 5.17. The van der Waals surface area contributed by atoms with Crippen molar-refractivity contribution in [3.05, 3.63) is 71.8 Å². The Bertz CT molecular complexity index is 581. The number of rotatable bonds is 8. The fraction of sp³-hybridized carbons (Fsp3) is 0.263. The monoisotopic (exact) mass is 294 g/mol. The van der Waals surface area contributed by atoms with Crippen LogP contribution in [0.4, 0.5) is 0 Å². The van der Waals surface area contributed by atoms with Crippen molar-refractivity contribution < 1.29 is 9.59 Å². The first kappa shape index (κ1) is 16.0. The van der Waals surface area contributed by atoms with E-state index >= 15 is 0 Å². The van der Waals surface area contributed by atoms with Crippen LogP contribution in [0.2, 0.25) is 0 Å². The maximum atomic E-state index is 12.1. The molecule has 1 atom stereocenters. The van der Waals surface area contributed by atoms with Crippen LogP contribution in [-0.2, 0) is 11.2 Å². The van der Waals surface area contributed by atoms with E-state index in [1.807, 2.05) is 42.7 Å². The molecule has 0 aliphatic heterocycles. The maximum Gasteiger partial charge on any atom is 0.251 e. The molecule has 2 aromatic carbocycles. The quantitative estimate of drug-likeness (QED) is 0.812. The van der Waals surface area contributed by atoms with Gasteiger partial charge in [0.25, 0.3) is 5.91 Å². The molecule has 2 rings (SSSR count). The molecule has 1 N–H and O–H groups in total. The number of carbonyl (C=O) groups is 1. The van der Waals surface area contributed by atoms with E-state index < -0.39 is 0 Å². The summed E-state index contributed by atoms with van der Waals surface area (Å²) in [6, 6.07) is 19.1. The second-order valence-corrected chi connectivity index (χ2v) is 5.26. The number of carbonyl (C=O) groups excluding carboxylic acids is 2. The summed E-state index contributed by atoms with van der Waals surface area (Å²) < 4.78 is 0. The number of aryl methyl sites for hydroxylation is 1. The lowest BCUT2D eigenvalue weighted by Crippen LogP contribution is -2.35. The van der Waals surface area contributed by atoms with Crippen LogP contribution in [0.25, 0.3) is 0 Å². The van der Waals surface area contributed by atoms with Crippen molar-refractivity contribution in [3.63, 3.8) is 0 Å². The Morgan fingerprint density at radius 1 is 1.00 bits per heavy atom. The molecule has 1 unspecified atom stereocenters. The van der Waals surface area contributed by atoms with E-state index in [2.05, 4.69) is 17.4 Å². The number of benzene rings is 2. The average Bonchev–Trinajstić information content (AvgIpc) is 2.57. The lowest BCUT2D eigenvalue weighted by atomic mass is 10.0. The zero-order chi connectivity index (χ0) is 15.6. The Balaban J connectivity index is 1.84. The van der Waals surface area contributed by atoms with Crippen molar-refractivity contribution in [2.45, 2.75) is 31.7 Å². The smallest absolute Gasteiger partial charge is 0.251 e. The molecule has 0 aliphatic carbocycles. The molecule has 0 spiro atoms. The van der Waals surface area contributed by atoms with E-state index in [1.165, 1.54) is 5.56 Å². The molecule has 0 aliphatic rings. The molecule has 0 heterocycles. The minimum Gasteiger partial charge on any atom is -0.349 e. The van der Waals surface area contributed by atoms with Crippen molar-refractivity contribution in [1.29, 1.82) is 0 Å². The van der Waals surface area contributed by atoms with Crippen molar-refractivity contribution in [1.82, 2.24) is 5.32 Å². The molecular weight excluding hydrogens is 274 g/mol. The normalized spacial score (nSPS) is 11.6. The van der Waals surface area contributed by atoms with Crippen LogP contribution in [0, 0.1) is 0 Å². The van der Waals surface area contributed by atoms with Crippen LogP contribution in [0.15, 0.2) is 60.7 Å². The van der Waals surface area contributed by atoms with Gasteiger partial charge in [-0.3, -0.25) is 9.59 Å². The average molecular weight is 294 g/mol. The molecule has 1 radical (unpaired) electrons. The van der Waals surface area contributed by atoms with Gasteiger partial charge in [0.15, 0.2) is 0 Å². The van der Waals surface area contributed by atoms with Crippen LogP contribution in [0.5, 0.6) is 0 Å². The van der Waals surface area contributed by atoms with Gasteiger partial charge in [0, 0.05) is 18.0 Å². The highest BCUT2D eigenvalue weighted by atomic mass is 16.1. The SMILES string of the molecule is O=[C]CC(CCCc1ccccc1)NC(=O)c1ccccc1. The summed E-state index contributed by atoms with van der Waals surface area (Å²) in [5.41, 5.74) is 1.88. The van der Waals surface area contributed by atoms with Gasteiger partial charge in [0.1, 0.15) is 0 Å². The van der Waals surface area contributed by atoms with Crippen molar-refractivity contribution in [2.24, 2.45) is 0 Å². The van der Waals surface area contributed by atoms with Crippen molar-refractivity contribution in [2.75, 3.05) is 0 Å². The summed E-state index contributed by atoms with van der Waals surface area (Å²) in [5.74, 6) is -0.138. The van der Waals surface area contributed by atoms with Gasteiger partial charge in [-0.2, -0.15) is 0 Å². The van der Waals surface area contributed by atoms with Crippen LogP contribution >= 0.6 is 0 Å². The summed E-state index contributed by atoms with van der Waals surface area (Å²) in [6.07, 6.45) is 4.77. The molecule has 2 aromatic rings. The zero-order valence-corrected chi connectivity index (χ0v) is 12.5. The summed E-state index contributed by atoms with van der Waals surface area (Å²) in [5, 5.41) is 2.92. The van der Waals surface area contributed by atoms with Crippen molar-refractivity contribution >= 4 is 12.2 Å². The predicted octanol–water partition coefficient (Wildman–Crippen LogP) is 3.31. The first-order valence-electron chi connectivity index (χ1n) is 7.54. The zero-order valence-electron chi connectivity index (χ0n) is 12.5. The van der Waals surface area contributed by atoms with Gasteiger partial charge in [-0.15, -0.1) is 0 Å². The van der Waals surface area contributed by atoms with E-state index in [1.54, 1.807) is 12.1 Å². The number of nitrogens with one attached hydrogen (secondary N) is 1. The van der Waals surface area contributed by atoms with Crippen LogP contribution < -0.4 is 5.32 Å². The van der Waals surface area contributed by atoms with E-state index in [0.717, 1.165) is 19.3 Å². The van der Waals surface area contributed by atoms with Crippen molar-refractivity contribution in [3.8, 4) is 0 Å². The fourth-order valence-corrected chi connectivity index (χ4v) is 2.38. The van der Waals surface area contributed by atoms with Crippen LogP contribution in [0.3, 0.4) is 0 Å². The fourth-order valence-electron chi connectivity index (χ4n) is 2.38. The molecule has 0 bridgehead atoms. The molecule has 1 amide bonds. The second-order valence-electron chi connectivity index (χ2n) is 5.26. The Morgan fingerprint density at radius 2 is 1.64 bits per heavy atom. The minimum absolute atomic E-state index is 0.138. The molecule has 22 heavy (non-hydrogen) atoms. The molecular formula is C19H20NO2. The highest BCUT2D eigenvalue weighted by Crippen LogP contribution is 2.09. The highest BCUT2D eigenvalue weighted by molar-refractivity contribution is 5.94. The first-order chi connectivity index (χ1) is 10.8. The molecule has 3 nitrogen and oxygen atoms in total. The van der Waals surface area contributed by atoms with Crippen LogP contribution in [-0.4, -0.2) is 18.2 Å². The first-order valence-corrected chi connectivity index (χ1v) is 7.54. The summed E-state index contributed by atoms with van der Waals surface area (Å²) in [7, 11) is 0. The molecule has 0 saturated carbocycles. The van der Waals surface area contributed by atoms with E-state index in [0.29, 0.717) is 5.56 Å². The number of amides is 1. The van der Waals surface area contributed by atoms with Gasteiger partial charge >= 0.3 is 0 Å². The predicted molar refractivity (Wildman–Crippen MR) is 87.4 cm³/mol. The molecule has 0 aromatic heterocycles. The molecule has 3 heteroatoms. The highest BCUT2D eigenvalue weighted by Gasteiger charge is 2.13.